The van der Waals surface area contributed by atoms with Crippen LogP contribution in [-0.2, 0) is 14.4 Å². The molecule has 1 heterocycles. The van der Waals surface area contributed by atoms with Crippen molar-refractivity contribution in [1.82, 2.24) is 4.90 Å². The van der Waals surface area contributed by atoms with E-state index in [0.717, 1.165) is 16.7 Å². The Labute approximate surface area is 152 Å². The molecule has 0 spiro atoms. The van der Waals surface area contributed by atoms with E-state index >= 15 is 0 Å². The van der Waals surface area contributed by atoms with Crippen molar-refractivity contribution in [3.05, 3.63) is 40.3 Å². The second-order valence-electron chi connectivity index (χ2n) is 5.12. The van der Waals surface area contributed by atoms with E-state index in [0.29, 0.717) is 17.4 Å². The third-order valence-corrected chi connectivity index (χ3v) is 4.75. The van der Waals surface area contributed by atoms with E-state index in [1.54, 1.807) is 30.3 Å². The van der Waals surface area contributed by atoms with E-state index in [9.17, 15) is 24.3 Å². The highest BCUT2D eigenvalue weighted by Gasteiger charge is 2.40. The zero-order chi connectivity index (χ0) is 18.6. The summed E-state index contributed by atoms with van der Waals surface area (Å²) >= 11 is 6.05. The highest BCUT2D eigenvalue weighted by Crippen LogP contribution is 2.34. The van der Waals surface area contributed by atoms with E-state index in [-0.39, 0.29) is 22.1 Å². The fraction of sp³-hybridized carbons (Fsp3) is 0.188. The molecule has 1 fully saturated rings. The van der Waals surface area contributed by atoms with Crippen molar-refractivity contribution in [2.75, 3.05) is 0 Å². The summed E-state index contributed by atoms with van der Waals surface area (Å²) in [5.41, 5.74) is 1.15. The molecule has 1 aliphatic heterocycles. The molecule has 0 aromatic heterocycles. The van der Waals surface area contributed by atoms with E-state index in [4.69, 9.17) is 17.3 Å². The molecule has 25 heavy (non-hydrogen) atoms. The van der Waals surface area contributed by atoms with Gasteiger partial charge < -0.3 is 10.2 Å². The fourth-order valence-corrected chi connectivity index (χ4v) is 3.55. The average molecular weight is 379 g/mol. The van der Waals surface area contributed by atoms with Gasteiger partial charge in [0.2, 0.25) is 0 Å². The summed E-state index contributed by atoms with van der Waals surface area (Å²) in [5.74, 6) is -3.04. The first kappa shape index (κ1) is 18.8. The molecular formula is C16H13NO6S2. The highest BCUT2D eigenvalue weighted by atomic mass is 32.2. The van der Waals surface area contributed by atoms with Gasteiger partial charge in [0.25, 0.3) is 5.91 Å². The predicted molar refractivity (Wildman–Crippen MR) is 95.1 cm³/mol. The fourth-order valence-electron chi connectivity index (χ4n) is 2.19. The van der Waals surface area contributed by atoms with Gasteiger partial charge in [0.1, 0.15) is 16.6 Å². The number of carbonyl (C=O) groups is 4. The number of carboxylic acids is 2. The van der Waals surface area contributed by atoms with Gasteiger partial charge in [0, 0.05) is 12.0 Å². The molecule has 9 heteroatoms. The Morgan fingerprint density at radius 3 is 2.32 bits per heavy atom. The number of hydrogen-bond acceptors (Lipinski definition) is 6. The van der Waals surface area contributed by atoms with Crippen LogP contribution in [-0.4, -0.2) is 49.6 Å². The molecule has 1 amide bonds. The molecule has 1 unspecified atom stereocenters. The smallest absolute Gasteiger partial charge is 0.326 e. The Hall–Kier alpha value is -2.52. The third-order valence-electron chi connectivity index (χ3n) is 3.42. The van der Waals surface area contributed by atoms with Gasteiger partial charge in [0.05, 0.1) is 4.91 Å². The van der Waals surface area contributed by atoms with Crippen molar-refractivity contribution in [2.24, 2.45) is 0 Å². The van der Waals surface area contributed by atoms with Gasteiger partial charge in [-0.25, -0.2) is 4.79 Å². The van der Waals surface area contributed by atoms with Crippen molar-refractivity contribution in [2.45, 2.75) is 18.9 Å². The summed E-state index contributed by atoms with van der Waals surface area (Å²) in [6.45, 7) is 0. The van der Waals surface area contributed by atoms with E-state index in [2.05, 4.69) is 0 Å². The first-order valence-corrected chi connectivity index (χ1v) is 8.33. The lowest BCUT2D eigenvalue weighted by Crippen LogP contribution is -2.44. The van der Waals surface area contributed by atoms with E-state index in [1.165, 1.54) is 0 Å². The van der Waals surface area contributed by atoms with Crippen LogP contribution in [0.2, 0.25) is 0 Å². The summed E-state index contributed by atoms with van der Waals surface area (Å²) in [7, 11) is 0. The number of rotatable bonds is 7. The quantitative estimate of drug-likeness (QED) is 0.420. The topological polar surface area (TPSA) is 112 Å². The maximum Gasteiger partial charge on any atom is 0.326 e. The number of nitrogens with zero attached hydrogens (tertiary/aromatic N) is 1. The standard InChI is InChI=1S/C16H13NO6S2/c18-8-10-3-1-9(2-4-10)7-12-14(21)17(16(24)25-12)11(15(22)23)5-6-13(19)20/h1-4,7-8,11H,5-6H2,(H,19,20)(H,22,23)/b12-7-. The monoisotopic (exact) mass is 379 g/mol. The Balaban J connectivity index is 2.24. The Kier molecular flexibility index (Phi) is 6.05. The van der Waals surface area contributed by atoms with E-state index < -0.39 is 23.9 Å². The molecule has 1 aromatic rings. The summed E-state index contributed by atoms with van der Waals surface area (Å²) in [6.07, 6.45) is 1.62. The largest absolute Gasteiger partial charge is 0.481 e. The molecule has 0 aliphatic carbocycles. The molecule has 130 valence electrons. The van der Waals surface area contributed by atoms with Gasteiger partial charge in [-0.05, 0) is 18.1 Å². The average Bonchev–Trinajstić information content (AvgIpc) is 2.83. The number of aldehydes is 1. The van der Waals surface area contributed by atoms with Gasteiger partial charge in [-0.1, -0.05) is 48.2 Å². The maximum atomic E-state index is 12.5. The van der Waals surface area contributed by atoms with Gasteiger partial charge in [-0.15, -0.1) is 0 Å². The van der Waals surface area contributed by atoms with Crippen molar-refractivity contribution < 1.29 is 29.4 Å². The van der Waals surface area contributed by atoms with Gasteiger partial charge in [-0.2, -0.15) is 0 Å². The predicted octanol–water partition coefficient (Wildman–Crippen LogP) is 2.02. The molecule has 7 nitrogen and oxygen atoms in total. The minimum atomic E-state index is -1.33. The third kappa shape index (κ3) is 4.52. The number of aliphatic carboxylic acids is 2. The molecule has 1 aliphatic rings. The van der Waals surface area contributed by atoms with Gasteiger partial charge in [0.15, 0.2) is 0 Å². The number of thioether (sulfide) groups is 1. The van der Waals surface area contributed by atoms with Crippen LogP contribution in [0.15, 0.2) is 29.2 Å². The van der Waals surface area contributed by atoms with Crippen LogP contribution in [0.1, 0.15) is 28.8 Å². The molecule has 1 aromatic carbocycles. The summed E-state index contributed by atoms with van der Waals surface area (Å²) in [4.78, 5) is 46.5. The highest BCUT2D eigenvalue weighted by molar-refractivity contribution is 8.26. The lowest BCUT2D eigenvalue weighted by atomic mass is 10.1. The minimum Gasteiger partial charge on any atom is -0.481 e. The lowest BCUT2D eigenvalue weighted by molar-refractivity contribution is -0.146. The van der Waals surface area contributed by atoms with Crippen LogP contribution in [0, 0.1) is 0 Å². The normalized spacial score (nSPS) is 17.0. The minimum absolute atomic E-state index is 0.0681. The van der Waals surface area contributed by atoms with Crippen molar-refractivity contribution in [3.63, 3.8) is 0 Å². The Morgan fingerprint density at radius 1 is 1.20 bits per heavy atom. The number of benzene rings is 1. The molecule has 2 rings (SSSR count). The second-order valence-corrected chi connectivity index (χ2v) is 6.80. The van der Waals surface area contributed by atoms with Crippen LogP contribution >= 0.6 is 24.0 Å². The zero-order valence-corrected chi connectivity index (χ0v) is 14.4. The van der Waals surface area contributed by atoms with Crippen molar-refractivity contribution in [3.8, 4) is 0 Å². The summed E-state index contributed by atoms with van der Waals surface area (Å²) < 4.78 is 0.0681. The first-order chi connectivity index (χ1) is 11.8. The molecule has 0 saturated carbocycles. The number of hydrogen-bond donors (Lipinski definition) is 2. The molecule has 0 radical (unpaired) electrons. The van der Waals surface area contributed by atoms with Crippen molar-refractivity contribution >= 4 is 58.5 Å². The van der Waals surface area contributed by atoms with Crippen LogP contribution < -0.4 is 0 Å². The summed E-state index contributed by atoms with van der Waals surface area (Å²) in [6, 6.07) is 5.15. The Morgan fingerprint density at radius 2 is 1.80 bits per heavy atom. The Bertz CT molecular complexity index is 771. The number of carboxylic acid groups (broad SMARTS) is 2. The zero-order valence-electron chi connectivity index (χ0n) is 12.7. The van der Waals surface area contributed by atoms with Gasteiger partial charge in [-0.3, -0.25) is 19.3 Å². The second kappa shape index (κ2) is 8.04. The maximum absolute atomic E-state index is 12.5. The van der Waals surface area contributed by atoms with Crippen molar-refractivity contribution in [1.29, 1.82) is 0 Å². The molecule has 2 N–H and O–H groups in total. The van der Waals surface area contributed by atoms with E-state index in [1.807, 2.05) is 0 Å². The van der Waals surface area contributed by atoms with Gasteiger partial charge >= 0.3 is 11.9 Å². The lowest BCUT2D eigenvalue weighted by Gasteiger charge is -2.22. The van der Waals surface area contributed by atoms with Crippen LogP contribution in [0.3, 0.4) is 0 Å². The molecule has 0 bridgehead atoms. The number of amides is 1. The SMILES string of the molecule is O=Cc1ccc(/C=C2\SC(=S)N(C(CCC(=O)O)C(=O)O)C2=O)cc1. The number of thiocarbonyl (C=S) groups is 1. The van der Waals surface area contributed by atoms with Crippen LogP contribution in [0.25, 0.3) is 6.08 Å². The van der Waals surface area contributed by atoms with Crippen LogP contribution in [0.4, 0.5) is 0 Å². The molecular weight excluding hydrogens is 366 g/mol. The molecule has 1 saturated heterocycles. The molecule has 1 atom stereocenters. The first-order valence-electron chi connectivity index (χ1n) is 7.10. The summed E-state index contributed by atoms with van der Waals surface area (Å²) in [5, 5.41) is 18.0. The number of carbonyl (C=O) groups excluding carboxylic acids is 2. The van der Waals surface area contributed by atoms with Crippen LogP contribution in [0.5, 0.6) is 0 Å².